The fourth-order valence-electron chi connectivity index (χ4n) is 3.82. The third-order valence-electron chi connectivity index (χ3n) is 5.59. The molecule has 2 saturated heterocycles. The average molecular weight is 407 g/mol. The molecule has 8 heteroatoms. The number of benzene rings is 1. The number of alkyl halides is 2. The highest BCUT2D eigenvalue weighted by Gasteiger charge is 2.43. The highest BCUT2D eigenvalue weighted by atomic mass is 19.3. The van der Waals surface area contributed by atoms with E-state index < -0.39 is 42.5 Å². The Balaban J connectivity index is 1.83. The van der Waals surface area contributed by atoms with Gasteiger partial charge >= 0.3 is 11.8 Å². The molecule has 3 rings (SSSR count). The van der Waals surface area contributed by atoms with Crippen LogP contribution in [-0.2, 0) is 14.4 Å². The third-order valence-corrected chi connectivity index (χ3v) is 5.59. The Morgan fingerprint density at radius 2 is 1.69 bits per heavy atom. The summed E-state index contributed by atoms with van der Waals surface area (Å²) in [6, 6.07) is 7.77. The molecule has 0 bridgehead atoms. The monoisotopic (exact) mass is 407 g/mol. The minimum atomic E-state index is -2.77. The van der Waals surface area contributed by atoms with E-state index in [1.165, 1.54) is 14.7 Å². The average Bonchev–Trinajstić information content (AvgIpc) is 2.71. The summed E-state index contributed by atoms with van der Waals surface area (Å²) < 4.78 is 27.1. The number of halogens is 2. The molecule has 2 fully saturated rings. The Labute approximate surface area is 169 Å². The van der Waals surface area contributed by atoms with Gasteiger partial charge in [-0.3, -0.25) is 14.4 Å². The number of likely N-dealkylation sites (tertiary alicyclic amines) is 1. The van der Waals surface area contributed by atoms with Gasteiger partial charge < -0.3 is 14.7 Å². The minimum Gasteiger partial charge on any atom is -0.340 e. The van der Waals surface area contributed by atoms with Gasteiger partial charge in [0.05, 0.1) is 0 Å². The Bertz CT molecular complexity index is 747. The van der Waals surface area contributed by atoms with Gasteiger partial charge in [0.15, 0.2) is 0 Å². The first-order chi connectivity index (χ1) is 13.8. The van der Waals surface area contributed by atoms with Gasteiger partial charge in [-0.05, 0) is 12.0 Å². The van der Waals surface area contributed by atoms with Crippen molar-refractivity contribution in [2.45, 2.75) is 44.6 Å². The number of carbonyl (C=O) groups is 3. The zero-order valence-corrected chi connectivity index (χ0v) is 16.7. The first kappa shape index (κ1) is 21.2. The van der Waals surface area contributed by atoms with Gasteiger partial charge in [0.25, 0.3) is 5.92 Å². The molecule has 158 valence electrons. The number of rotatable bonds is 6. The molecule has 1 aromatic rings. The van der Waals surface area contributed by atoms with Crippen molar-refractivity contribution in [3.63, 3.8) is 0 Å². The van der Waals surface area contributed by atoms with Gasteiger partial charge in [-0.25, -0.2) is 8.78 Å². The van der Waals surface area contributed by atoms with Crippen LogP contribution in [-0.4, -0.2) is 71.1 Å². The SMILES string of the molecule is CCCCN1CCN([C@@H](C(=O)N2CCC(F)(F)CC2)c2ccccc2)C(=O)C1=O. The summed E-state index contributed by atoms with van der Waals surface area (Å²) in [5.74, 6) is -4.49. The van der Waals surface area contributed by atoms with E-state index in [1.807, 2.05) is 6.92 Å². The largest absolute Gasteiger partial charge is 0.340 e. The van der Waals surface area contributed by atoms with Crippen molar-refractivity contribution in [1.29, 1.82) is 0 Å². The van der Waals surface area contributed by atoms with E-state index in [0.717, 1.165) is 12.8 Å². The molecule has 0 aliphatic carbocycles. The molecule has 1 atom stereocenters. The highest BCUT2D eigenvalue weighted by Crippen LogP contribution is 2.31. The molecule has 0 aromatic heterocycles. The first-order valence-electron chi connectivity index (χ1n) is 10.2. The molecule has 6 nitrogen and oxygen atoms in total. The summed E-state index contributed by atoms with van der Waals surface area (Å²) in [7, 11) is 0. The molecule has 3 amide bonds. The molecule has 1 aromatic carbocycles. The second kappa shape index (κ2) is 8.88. The van der Waals surface area contributed by atoms with E-state index >= 15 is 0 Å². The van der Waals surface area contributed by atoms with Crippen LogP contribution in [0.1, 0.15) is 44.2 Å². The topological polar surface area (TPSA) is 60.9 Å². The lowest BCUT2D eigenvalue weighted by Gasteiger charge is -2.41. The number of unbranched alkanes of at least 4 members (excludes halogenated alkanes) is 1. The van der Waals surface area contributed by atoms with Crippen molar-refractivity contribution in [3.05, 3.63) is 35.9 Å². The van der Waals surface area contributed by atoms with E-state index in [9.17, 15) is 23.2 Å². The number of carbonyl (C=O) groups excluding carboxylic acids is 3. The molecule has 2 aliphatic rings. The van der Waals surface area contributed by atoms with Gasteiger partial charge in [-0.15, -0.1) is 0 Å². The number of hydrogen-bond donors (Lipinski definition) is 0. The number of piperazine rings is 1. The Hall–Kier alpha value is -2.51. The normalized spacial score (nSPS) is 20.7. The summed E-state index contributed by atoms with van der Waals surface area (Å²) in [6.07, 6.45) is 0.935. The van der Waals surface area contributed by atoms with Crippen LogP contribution in [0.25, 0.3) is 0 Å². The zero-order chi connectivity index (χ0) is 21.0. The quantitative estimate of drug-likeness (QED) is 0.681. The minimum absolute atomic E-state index is 0.0617. The molecule has 0 saturated carbocycles. The number of piperidine rings is 1. The second-order valence-electron chi connectivity index (χ2n) is 7.64. The molecule has 2 aliphatic heterocycles. The summed E-state index contributed by atoms with van der Waals surface area (Å²) in [4.78, 5) is 42.9. The lowest BCUT2D eigenvalue weighted by molar-refractivity contribution is -0.162. The van der Waals surface area contributed by atoms with Gasteiger partial charge in [0, 0.05) is 45.6 Å². The lowest BCUT2D eigenvalue weighted by atomic mass is 10.00. The van der Waals surface area contributed by atoms with Crippen LogP contribution in [0.15, 0.2) is 30.3 Å². The summed E-state index contributed by atoms with van der Waals surface area (Å²) in [5, 5.41) is 0. The zero-order valence-electron chi connectivity index (χ0n) is 16.7. The predicted octanol–water partition coefficient (Wildman–Crippen LogP) is 2.46. The predicted molar refractivity (Wildman–Crippen MR) is 103 cm³/mol. The number of hydrogen-bond acceptors (Lipinski definition) is 3. The Morgan fingerprint density at radius 1 is 1.03 bits per heavy atom. The van der Waals surface area contributed by atoms with Gasteiger partial charge in [0.1, 0.15) is 6.04 Å². The maximum absolute atomic E-state index is 13.5. The van der Waals surface area contributed by atoms with Crippen molar-refractivity contribution < 1.29 is 23.2 Å². The van der Waals surface area contributed by atoms with Crippen LogP contribution in [0.3, 0.4) is 0 Å². The van der Waals surface area contributed by atoms with Crippen molar-refractivity contribution in [2.24, 2.45) is 0 Å². The highest BCUT2D eigenvalue weighted by molar-refractivity contribution is 6.35. The van der Waals surface area contributed by atoms with Crippen LogP contribution < -0.4 is 0 Å². The molecule has 29 heavy (non-hydrogen) atoms. The van der Waals surface area contributed by atoms with E-state index in [0.29, 0.717) is 18.7 Å². The fourth-order valence-corrected chi connectivity index (χ4v) is 3.82. The number of nitrogens with zero attached hydrogens (tertiary/aromatic N) is 3. The van der Waals surface area contributed by atoms with Gasteiger partial charge in [-0.1, -0.05) is 43.7 Å². The van der Waals surface area contributed by atoms with Crippen molar-refractivity contribution in [1.82, 2.24) is 14.7 Å². The standard InChI is InChI=1S/C21H27F2N3O3/c1-2-3-11-24-14-15-26(20(29)19(24)28)17(16-7-5-4-6-8-16)18(27)25-12-9-21(22,23)10-13-25/h4-8,17H,2-3,9-15H2,1H3/t17-/m1/s1. The maximum Gasteiger partial charge on any atom is 0.313 e. The molecule has 2 heterocycles. The first-order valence-corrected chi connectivity index (χ1v) is 10.2. The number of amides is 3. The molecule has 0 radical (unpaired) electrons. The van der Waals surface area contributed by atoms with Crippen molar-refractivity contribution in [2.75, 3.05) is 32.7 Å². The summed E-state index contributed by atoms with van der Waals surface area (Å²) >= 11 is 0. The van der Waals surface area contributed by atoms with Gasteiger partial charge in [0.2, 0.25) is 5.91 Å². The van der Waals surface area contributed by atoms with Gasteiger partial charge in [-0.2, -0.15) is 0 Å². The van der Waals surface area contributed by atoms with Crippen LogP contribution in [0.2, 0.25) is 0 Å². The second-order valence-corrected chi connectivity index (χ2v) is 7.64. The lowest BCUT2D eigenvalue weighted by Crippen LogP contribution is -2.58. The van der Waals surface area contributed by atoms with Crippen LogP contribution >= 0.6 is 0 Å². The van der Waals surface area contributed by atoms with E-state index in [1.54, 1.807) is 30.3 Å². The third kappa shape index (κ3) is 4.74. The van der Waals surface area contributed by atoms with Crippen LogP contribution in [0.5, 0.6) is 0 Å². The van der Waals surface area contributed by atoms with Crippen molar-refractivity contribution in [3.8, 4) is 0 Å². The molecule has 0 N–H and O–H groups in total. The molecular formula is C21H27F2N3O3. The Morgan fingerprint density at radius 3 is 2.31 bits per heavy atom. The van der Waals surface area contributed by atoms with E-state index in [4.69, 9.17) is 0 Å². The molecule has 0 unspecified atom stereocenters. The summed E-state index contributed by atoms with van der Waals surface area (Å²) in [5.41, 5.74) is 0.581. The van der Waals surface area contributed by atoms with Crippen molar-refractivity contribution >= 4 is 17.7 Å². The maximum atomic E-state index is 13.5. The summed E-state index contributed by atoms with van der Waals surface area (Å²) in [6.45, 7) is 3.00. The smallest absolute Gasteiger partial charge is 0.313 e. The fraction of sp³-hybridized carbons (Fsp3) is 0.571. The van der Waals surface area contributed by atoms with E-state index in [2.05, 4.69) is 0 Å². The molecule has 0 spiro atoms. The van der Waals surface area contributed by atoms with Crippen LogP contribution in [0.4, 0.5) is 8.78 Å². The Kier molecular flexibility index (Phi) is 6.49. The molecular weight excluding hydrogens is 380 g/mol. The van der Waals surface area contributed by atoms with E-state index in [-0.39, 0.29) is 19.6 Å². The van der Waals surface area contributed by atoms with Crippen LogP contribution in [0, 0.1) is 0 Å².